The average Bonchev–Trinajstić information content (AvgIpc) is 2.87. The number of nitrogens with one attached hydrogen (secondary N) is 1. The van der Waals surface area contributed by atoms with Crippen molar-refractivity contribution in [1.29, 1.82) is 0 Å². The van der Waals surface area contributed by atoms with Crippen LogP contribution in [0, 0.1) is 6.92 Å². The van der Waals surface area contributed by atoms with Crippen molar-refractivity contribution in [3.8, 4) is 0 Å². The first kappa shape index (κ1) is 16.8. The third kappa shape index (κ3) is 4.47. The number of likely N-dealkylation sites (N-methyl/N-ethyl adjacent to an activating group) is 1. The minimum atomic E-state index is -0.183. The molecule has 0 saturated carbocycles. The van der Waals surface area contributed by atoms with Gasteiger partial charge in [-0.1, -0.05) is 41.3 Å². The molecule has 0 aliphatic heterocycles. The second kappa shape index (κ2) is 7.63. The molecule has 118 valence electrons. The maximum Gasteiger partial charge on any atom is 0.238 e. The second-order valence-corrected chi connectivity index (χ2v) is 5.69. The van der Waals surface area contributed by atoms with E-state index in [1.54, 1.807) is 18.2 Å². The lowest BCUT2D eigenvalue weighted by atomic mass is 10.3. The smallest absolute Gasteiger partial charge is 0.238 e. The topological polar surface area (TPSA) is 58.4 Å². The van der Waals surface area contributed by atoms with Gasteiger partial charge in [-0.3, -0.25) is 9.69 Å². The fourth-order valence-corrected chi connectivity index (χ4v) is 2.49. The van der Waals surface area contributed by atoms with E-state index in [1.165, 1.54) is 0 Å². The lowest BCUT2D eigenvalue weighted by Gasteiger charge is -2.18. The van der Waals surface area contributed by atoms with Gasteiger partial charge in [0, 0.05) is 12.6 Å². The molecule has 2 aromatic rings. The molecule has 5 nitrogen and oxygen atoms in total. The number of hydrogen-bond acceptors (Lipinski definition) is 4. The third-order valence-corrected chi connectivity index (χ3v) is 3.73. The van der Waals surface area contributed by atoms with Gasteiger partial charge in [0.2, 0.25) is 5.91 Å². The monoisotopic (exact) mass is 341 g/mol. The molecule has 0 saturated heterocycles. The molecule has 0 spiro atoms. The highest BCUT2D eigenvalue weighted by Crippen LogP contribution is 2.29. The maximum atomic E-state index is 12.2. The summed E-state index contributed by atoms with van der Waals surface area (Å²) in [4.78, 5) is 14.1. The van der Waals surface area contributed by atoms with E-state index in [1.807, 2.05) is 24.8 Å². The number of rotatable bonds is 6. The molecule has 22 heavy (non-hydrogen) atoms. The van der Waals surface area contributed by atoms with Crippen LogP contribution in [0.2, 0.25) is 10.0 Å². The summed E-state index contributed by atoms with van der Waals surface area (Å²) in [7, 11) is 0. The van der Waals surface area contributed by atoms with E-state index in [0.717, 1.165) is 11.5 Å². The van der Waals surface area contributed by atoms with Crippen molar-refractivity contribution < 1.29 is 9.32 Å². The van der Waals surface area contributed by atoms with Crippen molar-refractivity contribution in [2.24, 2.45) is 0 Å². The summed E-state index contributed by atoms with van der Waals surface area (Å²) < 4.78 is 5.03. The van der Waals surface area contributed by atoms with Crippen LogP contribution >= 0.6 is 23.2 Å². The number of carbonyl (C=O) groups excluding carboxylic acids is 1. The molecule has 0 aliphatic rings. The van der Waals surface area contributed by atoms with Crippen LogP contribution in [0.1, 0.15) is 18.4 Å². The highest BCUT2D eigenvalue weighted by Gasteiger charge is 2.14. The van der Waals surface area contributed by atoms with Gasteiger partial charge in [0.05, 0.1) is 28.0 Å². The summed E-state index contributed by atoms with van der Waals surface area (Å²) in [6.45, 7) is 5.26. The van der Waals surface area contributed by atoms with E-state index in [-0.39, 0.29) is 12.5 Å². The largest absolute Gasteiger partial charge is 0.361 e. The summed E-state index contributed by atoms with van der Waals surface area (Å²) in [6, 6.07) is 6.94. The van der Waals surface area contributed by atoms with E-state index in [0.29, 0.717) is 28.8 Å². The fourth-order valence-electron chi connectivity index (χ4n) is 2.00. The van der Waals surface area contributed by atoms with Gasteiger partial charge < -0.3 is 9.84 Å². The van der Waals surface area contributed by atoms with Crippen LogP contribution in [0.3, 0.4) is 0 Å². The van der Waals surface area contributed by atoms with E-state index in [4.69, 9.17) is 27.7 Å². The minimum absolute atomic E-state index is 0.183. The Morgan fingerprint density at radius 3 is 2.59 bits per heavy atom. The molecule has 1 amide bonds. The predicted molar refractivity (Wildman–Crippen MR) is 87.3 cm³/mol. The van der Waals surface area contributed by atoms with Gasteiger partial charge in [-0.15, -0.1) is 0 Å². The first-order valence-electron chi connectivity index (χ1n) is 6.88. The number of carbonyl (C=O) groups is 1. The summed E-state index contributed by atoms with van der Waals surface area (Å²) in [5, 5.41) is 7.50. The number of aryl methyl sites for hydroxylation is 1. The number of anilines is 1. The molecule has 1 aromatic heterocycles. The Morgan fingerprint density at radius 1 is 1.36 bits per heavy atom. The van der Waals surface area contributed by atoms with Gasteiger partial charge in [-0.2, -0.15) is 0 Å². The molecular formula is C15H17Cl2N3O2. The Morgan fingerprint density at radius 2 is 2.05 bits per heavy atom. The second-order valence-electron chi connectivity index (χ2n) is 4.88. The molecule has 1 heterocycles. The van der Waals surface area contributed by atoms with Crippen LogP contribution in [-0.2, 0) is 11.3 Å². The van der Waals surface area contributed by atoms with E-state index in [9.17, 15) is 4.79 Å². The zero-order valence-electron chi connectivity index (χ0n) is 12.4. The molecule has 0 unspecified atom stereocenters. The van der Waals surface area contributed by atoms with Crippen LogP contribution in [0.4, 0.5) is 5.69 Å². The molecule has 1 N–H and O–H groups in total. The third-order valence-electron chi connectivity index (χ3n) is 3.10. The van der Waals surface area contributed by atoms with Gasteiger partial charge in [-0.05, 0) is 25.6 Å². The first-order chi connectivity index (χ1) is 10.5. The summed E-state index contributed by atoms with van der Waals surface area (Å²) in [5.41, 5.74) is 1.23. The SMILES string of the molecule is CCN(CC(=O)Nc1c(Cl)cccc1Cl)Cc1cc(C)on1. The number of halogens is 2. The van der Waals surface area contributed by atoms with Gasteiger partial charge in [0.25, 0.3) is 0 Å². The Hall–Kier alpha value is -1.56. The number of benzene rings is 1. The van der Waals surface area contributed by atoms with Gasteiger partial charge in [-0.25, -0.2) is 0 Å². The average molecular weight is 342 g/mol. The number of hydrogen-bond donors (Lipinski definition) is 1. The Labute approximate surface area is 139 Å². The van der Waals surface area contributed by atoms with Crippen molar-refractivity contribution in [3.05, 3.63) is 45.8 Å². The normalized spacial score (nSPS) is 11.0. The first-order valence-corrected chi connectivity index (χ1v) is 7.63. The number of nitrogens with zero attached hydrogens (tertiary/aromatic N) is 2. The van der Waals surface area contributed by atoms with Crippen molar-refractivity contribution in [2.75, 3.05) is 18.4 Å². The standard InChI is InChI=1S/C15H17Cl2N3O2/c1-3-20(8-11-7-10(2)22-19-11)9-14(21)18-15-12(16)5-4-6-13(15)17/h4-7H,3,8-9H2,1-2H3,(H,18,21). The van der Waals surface area contributed by atoms with E-state index >= 15 is 0 Å². The van der Waals surface area contributed by atoms with E-state index in [2.05, 4.69) is 10.5 Å². The van der Waals surface area contributed by atoms with Crippen LogP contribution in [0.5, 0.6) is 0 Å². The molecule has 0 fully saturated rings. The van der Waals surface area contributed by atoms with Gasteiger partial charge in [0.15, 0.2) is 0 Å². The minimum Gasteiger partial charge on any atom is -0.361 e. The summed E-state index contributed by atoms with van der Waals surface area (Å²) in [5.74, 6) is 0.565. The molecule has 0 atom stereocenters. The fraction of sp³-hybridized carbons (Fsp3) is 0.333. The Balaban J connectivity index is 1.97. The van der Waals surface area contributed by atoms with Crippen LogP contribution in [0.15, 0.2) is 28.8 Å². The number of para-hydroxylation sites is 1. The van der Waals surface area contributed by atoms with Crippen molar-refractivity contribution >= 4 is 34.8 Å². The quantitative estimate of drug-likeness (QED) is 0.869. The van der Waals surface area contributed by atoms with Gasteiger partial charge >= 0.3 is 0 Å². The van der Waals surface area contributed by atoms with Crippen LogP contribution in [0.25, 0.3) is 0 Å². The molecule has 0 radical (unpaired) electrons. The maximum absolute atomic E-state index is 12.2. The van der Waals surface area contributed by atoms with E-state index < -0.39 is 0 Å². The van der Waals surface area contributed by atoms with Crippen molar-refractivity contribution in [1.82, 2.24) is 10.1 Å². The van der Waals surface area contributed by atoms with Crippen LogP contribution < -0.4 is 5.32 Å². The molecule has 0 aliphatic carbocycles. The number of amides is 1. The molecular weight excluding hydrogens is 325 g/mol. The molecule has 2 rings (SSSR count). The predicted octanol–water partition coefficient (Wildman–Crippen LogP) is 3.75. The lowest BCUT2D eigenvalue weighted by molar-refractivity contribution is -0.117. The lowest BCUT2D eigenvalue weighted by Crippen LogP contribution is -2.33. The highest BCUT2D eigenvalue weighted by molar-refractivity contribution is 6.39. The van der Waals surface area contributed by atoms with Crippen molar-refractivity contribution in [2.45, 2.75) is 20.4 Å². The Bertz CT molecular complexity index is 638. The number of aromatic nitrogens is 1. The van der Waals surface area contributed by atoms with Gasteiger partial charge in [0.1, 0.15) is 5.76 Å². The molecule has 0 bridgehead atoms. The van der Waals surface area contributed by atoms with Crippen molar-refractivity contribution in [3.63, 3.8) is 0 Å². The zero-order valence-corrected chi connectivity index (χ0v) is 13.9. The molecule has 1 aromatic carbocycles. The van der Waals surface area contributed by atoms with Crippen LogP contribution in [-0.4, -0.2) is 29.1 Å². The highest BCUT2D eigenvalue weighted by atomic mass is 35.5. The summed E-state index contributed by atoms with van der Waals surface area (Å²) >= 11 is 12.1. The molecule has 7 heteroatoms. The Kier molecular flexibility index (Phi) is 5.83. The summed E-state index contributed by atoms with van der Waals surface area (Å²) in [6.07, 6.45) is 0. The zero-order chi connectivity index (χ0) is 16.1.